The van der Waals surface area contributed by atoms with Gasteiger partial charge in [-0.25, -0.2) is 4.98 Å². The zero-order valence-corrected chi connectivity index (χ0v) is 15.6. The van der Waals surface area contributed by atoms with E-state index in [1.165, 1.54) is 37.7 Å². The molecule has 10 heteroatoms. The Morgan fingerprint density at radius 3 is 2.59 bits per heavy atom. The Balaban J connectivity index is 1.98. The van der Waals surface area contributed by atoms with Crippen molar-refractivity contribution >= 4 is 23.2 Å². The van der Waals surface area contributed by atoms with Crippen LogP contribution in [0.1, 0.15) is 15.9 Å². The molecule has 0 fully saturated rings. The molecule has 0 radical (unpaired) electrons. The lowest BCUT2D eigenvalue weighted by molar-refractivity contribution is -0.137. The molecule has 2 aromatic heterocycles. The minimum Gasteiger partial charge on any atom is -0.497 e. The van der Waals surface area contributed by atoms with Gasteiger partial charge in [-0.05, 0) is 30.3 Å². The quantitative estimate of drug-likeness (QED) is 0.610. The molecule has 29 heavy (non-hydrogen) atoms. The average Bonchev–Trinajstić information content (AvgIpc) is 2.69. The van der Waals surface area contributed by atoms with Gasteiger partial charge in [-0.1, -0.05) is 11.6 Å². The Hall–Kier alpha value is -3.33. The highest BCUT2D eigenvalue weighted by Crippen LogP contribution is 2.35. The second kappa shape index (κ2) is 8.36. The molecule has 2 heterocycles. The van der Waals surface area contributed by atoms with Gasteiger partial charge < -0.3 is 14.8 Å². The minimum absolute atomic E-state index is 0.0927. The van der Waals surface area contributed by atoms with E-state index in [0.717, 1.165) is 0 Å². The molecule has 1 amide bonds. The Bertz CT molecular complexity index is 1030. The zero-order chi connectivity index (χ0) is 21.0. The lowest BCUT2D eigenvalue weighted by Crippen LogP contribution is -2.16. The first-order valence-corrected chi connectivity index (χ1v) is 8.45. The number of rotatable bonds is 5. The van der Waals surface area contributed by atoms with E-state index in [0.29, 0.717) is 23.7 Å². The number of halogens is 4. The van der Waals surface area contributed by atoms with Crippen molar-refractivity contribution in [1.29, 1.82) is 0 Å². The smallest absolute Gasteiger partial charge is 0.417 e. The van der Waals surface area contributed by atoms with Crippen LogP contribution in [0.2, 0.25) is 5.02 Å². The summed E-state index contributed by atoms with van der Waals surface area (Å²) in [6, 6.07) is 8.20. The average molecular weight is 424 g/mol. The van der Waals surface area contributed by atoms with Crippen molar-refractivity contribution in [2.24, 2.45) is 0 Å². The summed E-state index contributed by atoms with van der Waals surface area (Å²) in [5, 5.41) is 2.58. The highest BCUT2D eigenvalue weighted by Gasteiger charge is 2.33. The van der Waals surface area contributed by atoms with E-state index in [2.05, 4.69) is 15.3 Å². The normalized spacial score (nSPS) is 11.1. The van der Waals surface area contributed by atoms with Crippen molar-refractivity contribution in [2.45, 2.75) is 6.18 Å². The molecule has 0 aliphatic heterocycles. The van der Waals surface area contributed by atoms with Crippen LogP contribution in [0.25, 0.3) is 0 Å². The van der Waals surface area contributed by atoms with Crippen LogP contribution in [0.3, 0.4) is 0 Å². The summed E-state index contributed by atoms with van der Waals surface area (Å²) in [5.41, 5.74) is -1.22. The summed E-state index contributed by atoms with van der Waals surface area (Å²) in [7, 11) is 1.45. The fraction of sp³-hybridized carbons (Fsp3) is 0.105. The molecule has 0 unspecified atom stereocenters. The molecule has 1 aromatic carbocycles. The number of aromatic nitrogens is 2. The summed E-state index contributed by atoms with van der Waals surface area (Å²) in [6.45, 7) is 0. The van der Waals surface area contributed by atoms with Crippen LogP contribution in [0.5, 0.6) is 17.4 Å². The number of pyridine rings is 2. The van der Waals surface area contributed by atoms with Crippen molar-refractivity contribution in [1.82, 2.24) is 9.97 Å². The molecule has 1 N–H and O–H groups in total. The Morgan fingerprint density at radius 2 is 1.97 bits per heavy atom. The first kappa shape index (κ1) is 20.4. The van der Waals surface area contributed by atoms with E-state index in [4.69, 9.17) is 21.1 Å². The van der Waals surface area contributed by atoms with Crippen LogP contribution < -0.4 is 14.8 Å². The van der Waals surface area contributed by atoms with Gasteiger partial charge in [-0.2, -0.15) is 13.2 Å². The molecule has 0 spiro atoms. The Morgan fingerprint density at radius 1 is 1.17 bits per heavy atom. The highest BCUT2D eigenvalue weighted by molar-refractivity contribution is 6.32. The largest absolute Gasteiger partial charge is 0.497 e. The number of hydrogen-bond acceptors (Lipinski definition) is 5. The van der Waals surface area contributed by atoms with Crippen molar-refractivity contribution in [2.75, 3.05) is 12.4 Å². The van der Waals surface area contributed by atoms with Gasteiger partial charge in [0.1, 0.15) is 17.1 Å². The number of carbonyl (C=O) groups is 1. The lowest BCUT2D eigenvalue weighted by atomic mass is 10.1. The third-order valence-electron chi connectivity index (χ3n) is 3.69. The van der Waals surface area contributed by atoms with Gasteiger partial charge in [-0.15, -0.1) is 0 Å². The van der Waals surface area contributed by atoms with Gasteiger partial charge in [0.15, 0.2) is 0 Å². The van der Waals surface area contributed by atoms with Gasteiger partial charge in [0.2, 0.25) is 5.88 Å². The second-order valence-corrected chi connectivity index (χ2v) is 6.08. The van der Waals surface area contributed by atoms with Crippen molar-refractivity contribution in [3.8, 4) is 17.4 Å². The fourth-order valence-corrected chi connectivity index (χ4v) is 2.49. The molecule has 150 valence electrons. The van der Waals surface area contributed by atoms with Crippen LogP contribution in [0.15, 0.2) is 55.0 Å². The second-order valence-electron chi connectivity index (χ2n) is 5.67. The summed E-state index contributed by atoms with van der Waals surface area (Å²) in [6.07, 6.45) is -1.28. The fourth-order valence-electron chi connectivity index (χ4n) is 2.28. The number of hydrogen-bond donors (Lipinski definition) is 1. The maximum absolute atomic E-state index is 13.1. The molecule has 0 bridgehead atoms. The topological polar surface area (TPSA) is 73.3 Å². The number of ether oxygens (including phenoxy) is 2. The van der Waals surface area contributed by atoms with E-state index in [1.54, 1.807) is 12.1 Å². The van der Waals surface area contributed by atoms with Gasteiger partial charge >= 0.3 is 6.18 Å². The third kappa shape index (κ3) is 4.94. The monoisotopic (exact) mass is 423 g/mol. The molecule has 0 aliphatic rings. The number of anilines is 1. The van der Waals surface area contributed by atoms with Gasteiger partial charge in [0, 0.05) is 18.5 Å². The van der Waals surface area contributed by atoms with Gasteiger partial charge in [0.25, 0.3) is 5.91 Å². The van der Waals surface area contributed by atoms with Gasteiger partial charge in [-0.3, -0.25) is 9.78 Å². The number of carbonyl (C=O) groups excluding carboxylic acids is 1. The zero-order valence-electron chi connectivity index (χ0n) is 14.8. The number of alkyl halides is 3. The Kier molecular flexibility index (Phi) is 5.88. The van der Waals surface area contributed by atoms with E-state index >= 15 is 0 Å². The Labute approximate surface area is 168 Å². The maximum Gasteiger partial charge on any atom is 0.417 e. The first-order valence-electron chi connectivity index (χ1n) is 8.08. The molecule has 0 atom stereocenters. The van der Waals surface area contributed by atoms with Crippen molar-refractivity contribution < 1.29 is 27.4 Å². The molecule has 3 rings (SSSR count). The van der Waals surface area contributed by atoms with Gasteiger partial charge in [0.05, 0.1) is 29.6 Å². The molecular weight excluding hydrogens is 411 g/mol. The molecule has 0 aliphatic carbocycles. The summed E-state index contributed by atoms with van der Waals surface area (Å²) in [4.78, 5) is 20.1. The molecular formula is C19H13ClF3N3O3. The molecule has 3 aromatic rings. The minimum atomic E-state index is -4.69. The number of methoxy groups -OCH3 is 1. The molecule has 6 nitrogen and oxygen atoms in total. The number of amides is 1. The van der Waals surface area contributed by atoms with Crippen LogP contribution in [-0.4, -0.2) is 23.0 Å². The van der Waals surface area contributed by atoms with E-state index < -0.39 is 23.2 Å². The first-order chi connectivity index (χ1) is 13.8. The van der Waals surface area contributed by atoms with E-state index in [9.17, 15) is 18.0 Å². The molecule has 0 saturated heterocycles. The van der Waals surface area contributed by atoms with Crippen molar-refractivity contribution in [3.63, 3.8) is 0 Å². The van der Waals surface area contributed by atoms with Crippen molar-refractivity contribution in [3.05, 3.63) is 71.1 Å². The standard InChI is InChI=1S/C19H13ClF3N3O3/c1-28-13-4-5-16(15(20)8-13)29-18-14(7-11(9-25-18)19(21,22)23)17(27)26-12-3-2-6-24-10-12/h2-10H,1H3,(H,26,27). The summed E-state index contributed by atoms with van der Waals surface area (Å²) < 4.78 is 49.9. The lowest BCUT2D eigenvalue weighted by Gasteiger charge is -2.14. The van der Waals surface area contributed by atoms with Crippen LogP contribution in [0.4, 0.5) is 18.9 Å². The predicted octanol–water partition coefficient (Wildman–Crippen LogP) is 5.20. The number of nitrogens with one attached hydrogen (secondary N) is 1. The predicted molar refractivity (Wildman–Crippen MR) is 99.5 cm³/mol. The van der Waals surface area contributed by atoms with E-state index in [1.807, 2.05) is 0 Å². The summed E-state index contributed by atoms with van der Waals surface area (Å²) in [5.74, 6) is -0.643. The number of nitrogens with zero attached hydrogens (tertiary/aromatic N) is 2. The molecule has 0 saturated carbocycles. The van der Waals surface area contributed by atoms with E-state index in [-0.39, 0.29) is 16.7 Å². The van der Waals surface area contributed by atoms with Crippen LogP contribution >= 0.6 is 11.6 Å². The third-order valence-corrected chi connectivity index (χ3v) is 3.98. The SMILES string of the molecule is COc1ccc(Oc2ncc(C(F)(F)F)cc2C(=O)Nc2cccnc2)c(Cl)c1. The van der Waals surface area contributed by atoms with Crippen LogP contribution in [0, 0.1) is 0 Å². The number of benzene rings is 1. The highest BCUT2D eigenvalue weighted by atomic mass is 35.5. The van der Waals surface area contributed by atoms with Crippen LogP contribution in [-0.2, 0) is 6.18 Å². The maximum atomic E-state index is 13.1. The summed E-state index contributed by atoms with van der Waals surface area (Å²) >= 11 is 6.10.